The summed E-state index contributed by atoms with van der Waals surface area (Å²) in [5.74, 6) is 0.189. The van der Waals surface area contributed by atoms with E-state index in [1.54, 1.807) is 0 Å². The molecular formula is C38H32O2. The van der Waals surface area contributed by atoms with Crippen LogP contribution in [0.5, 0.6) is 0 Å². The van der Waals surface area contributed by atoms with Gasteiger partial charge in [0.1, 0.15) is 0 Å². The molecule has 3 aliphatic carbocycles. The van der Waals surface area contributed by atoms with Crippen LogP contribution in [0, 0.1) is 16.2 Å². The molecule has 2 heteroatoms. The van der Waals surface area contributed by atoms with Gasteiger partial charge in [0, 0.05) is 0 Å². The van der Waals surface area contributed by atoms with E-state index in [2.05, 4.69) is 69.3 Å². The molecule has 1 saturated carbocycles. The van der Waals surface area contributed by atoms with Crippen LogP contribution in [0.3, 0.4) is 0 Å². The number of rotatable bonds is 4. The van der Waals surface area contributed by atoms with Crippen molar-refractivity contribution >= 4 is 28.3 Å². The Morgan fingerprint density at radius 2 is 0.850 bits per heavy atom. The minimum atomic E-state index is -1.06. The van der Waals surface area contributed by atoms with Gasteiger partial charge in [0.15, 0.2) is 11.6 Å². The first-order valence-electron chi connectivity index (χ1n) is 14.1. The number of carbonyl (C=O) groups is 2. The van der Waals surface area contributed by atoms with Crippen molar-refractivity contribution in [2.24, 2.45) is 16.2 Å². The highest BCUT2D eigenvalue weighted by molar-refractivity contribution is 6.33. The summed E-state index contributed by atoms with van der Waals surface area (Å²) in [6.45, 7) is 8.23. The lowest BCUT2D eigenvalue weighted by Crippen LogP contribution is -2.56. The van der Waals surface area contributed by atoms with Crippen molar-refractivity contribution in [1.29, 1.82) is 0 Å². The maximum Gasteiger partial charge on any atom is 0.167 e. The predicted octanol–water partition coefficient (Wildman–Crippen LogP) is 8.21. The number of allylic oxidation sites excluding steroid dienone is 4. The van der Waals surface area contributed by atoms with Gasteiger partial charge in [-0.1, -0.05) is 121 Å². The molecule has 4 aromatic carbocycles. The quantitative estimate of drug-likeness (QED) is 0.272. The van der Waals surface area contributed by atoms with E-state index in [4.69, 9.17) is 0 Å². The van der Waals surface area contributed by atoms with Crippen LogP contribution in [-0.4, -0.2) is 11.6 Å². The first-order chi connectivity index (χ1) is 19.3. The number of benzene rings is 4. The van der Waals surface area contributed by atoms with Crippen molar-refractivity contribution in [2.75, 3.05) is 0 Å². The normalized spacial score (nSPS) is 30.8. The molecule has 0 radical (unpaired) electrons. The Labute approximate surface area is 236 Å². The monoisotopic (exact) mass is 520 g/mol. The number of hydrogen-bond acceptors (Lipinski definition) is 2. The summed E-state index contributed by atoms with van der Waals surface area (Å²) in [7, 11) is 0. The van der Waals surface area contributed by atoms with Gasteiger partial charge in [-0.25, -0.2) is 0 Å². The van der Waals surface area contributed by atoms with Gasteiger partial charge in [-0.15, -0.1) is 0 Å². The van der Waals surface area contributed by atoms with Crippen LogP contribution in [0.1, 0.15) is 49.9 Å². The molecule has 0 amide bonds. The van der Waals surface area contributed by atoms with Crippen LogP contribution in [0.15, 0.2) is 127 Å². The molecule has 0 saturated heterocycles. The van der Waals surface area contributed by atoms with Crippen molar-refractivity contribution in [3.05, 3.63) is 149 Å². The fourth-order valence-corrected chi connectivity index (χ4v) is 9.13. The molecular weight excluding hydrogens is 488 g/mol. The van der Waals surface area contributed by atoms with Crippen LogP contribution in [-0.2, 0) is 15.0 Å². The summed E-state index contributed by atoms with van der Waals surface area (Å²) >= 11 is 0. The van der Waals surface area contributed by atoms with Gasteiger partial charge >= 0.3 is 0 Å². The molecule has 4 atom stereocenters. The Kier molecular flexibility index (Phi) is 5.01. The first kappa shape index (κ1) is 24.7. The van der Waals surface area contributed by atoms with Crippen molar-refractivity contribution in [2.45, 2.75) is 33.1 Å². The Bertz CT molecular complexity index is 1750. The van der Waals surface area contributed by atoms with E-state index in [0.29, 0.717) is 0 Å². The smallest absolute Gasteiger partial charge is 0.167 e. The lowest BCUT2D eigenvalue weighted by Gasteiger charge is -2.55. The van der Waals surface area contributed by atoms with Crippen LogP contribution < -0.4 is 0 Å². The summed E-state index contributed by atoms with van der Waals surface area (Å²) in [5, 5.41) is 0. The highest BCUT2D eigenvalue weighted by Crippen LogP contribution is 2.86. The lowest BCUT2D eigenvalue weighted by atomic mass is 9.43. The first-order valence-corrected chi connectivity index (χ1v) is 14.1. The highest BCUT2D eigenvalue weighted by atomic mass is 16.1. The van der Waals surface area contributed by atoms with Gasteiger partial charge in [-0.05, 0) is 72.2 Å². The molecule has 0 aliphatic heterocycles. The van der Waals surface area contributed by atoms with E-state index in [1.807, 2.05) is 79.7 Å². The number of Topliss-reactive ketones (excluding diaryl/α,β-unsaturated/α-hetero) is 2. The van der Waals surface area contributed by atoms with Crippen molar-refractivity contribution in [1.82, 2.24) is 0 Å². The van der Waals surface area contributed by atoms with E-state index in [9.17, 15) is 4.79 Å². The molecule has 40 heavy (non-hydrogen) atoms. The fourth-order valence-electron chi connectivity index (χ4n) is 9.13. The summed E-state index contributed by atoms with van der Waals surface area (Å²) in [6, 6.07) is 41.1. The zero-order valence-electron chi connectivity index (χ0n) is 23.4. The maximum absolute atomic E-state index is 15.4. The van der Waals surface area contributed by atoms with Crippen LogP contribution in [0.4, 0.5) is 0 Å². The van der Waals surface area contributed by atoms with Gasteiger partial charge in [0.25, 0.3) is 0 Å². The van der Waals surface area contributed by atoms with Gasteiger partial charge in [-0.3, -0.25) is 9.59 Å². The SMILES string of the molecule is CC1=C(c2ccccc2)[C@]2(c3ccccc3)[C@]3(C)C(=O)[C@](C)(C(c4ccccc4)=C3c3ccccc3)[C@]2(C)C1=O. The van der Waals surface area contributed by atoms with Crippen LogP contribution in [0.25, 0.3) is 16.7 Å². The molecule has 196 valence electrons. The van der Waals surface area contributed by atoms with Gasteiger partial charge in [0.05, 0.1) is 21.7 Å². The number of ketones is 2. The maximum atomic E-state index is 15.4. The molecule has 1 fully saturated rings. The average Bonchev–Trinajstić information content (AvgIpc) is 3.37. The minimum absolute atomic E-state index is 0.0651. The van der Waals surface area contributed by atoms with Gasteiger partial charge in [-0.2, -0.15) is 0 Å². The van der Waals surface area contributed by atoms with E-state index in [-0.39, 0.29) is 11.6 Å². The number of hydrogen-bond donors (Lipinski definition) is 0. The van der Waals surface area contributed by atoms with Crippen molar-refractivity contribution in [3.8, 4) is 0 Å². The van der Waals surface area contributed by atoms with Gasteiger partial charge in [0.2, 0.25) is 0 Å². The second-order valence-electron chi connectivity index (χ2n) is 12.0. The molecule has 2 nitrogen and oxygen atoms in total. The molecule has 3 aliphatic rings. The second-order valence-corrected chi connectivity index (χ2v) is 12.0. The number of carbonyl (C=O) groups excluding carboxylic acids is 2. The molecule has 0 N–H and O–H groups in total. The Morgan fingerprint density at radius 1 is 0.475 bits per heavy atom. The summed E-state index contributed by atoms with van der Waals surface area (Å²) in [4.78, 5) is 30.3. The van der Waals surface area contributed by atoms with Gasteiger partial charge < -0.3 is 0 Å². The largest absolute Gasteiger partial charge is 0.298 e. The Balaban J connectivity index is 1.73. The van der Waals surface area contributed by atoms with E-state index < -0.39 is 21.7 Å². The summed E-state index contributed by atoms with van der Waals surface area (Å²) < 4.78 is 0. The average molecular weight is 521 g/mol. The third-order valence-electron chi connectivity index (χ3n) is 10.6. The Morgan fingerprint density at radius 3 is 1.30 bits per heavy atom. The molecule has 4 aromatic rings. The zero-order valence-corrected chi connectivity index (χ0v) is 23.4. The standard InChI is InChI=1S/C38H32O2/c1-25-30(26-17-9-5-10-18-26)38(29-23-15-8-16-24-29)36(3)32(28-21-13-7-14-22-28)31(27-19-11-6-12-20-27)35(2,34(36)40)37(38,4)33(25)39/h5-24H,1-4H3/t35-,36-,37-,38+/m0/s1. The third kappa shape index (κ3) is 2.47. The molecule has 0 aromatic heterocycles. The van der Waals surface area contributed by atoms with Crippen molar-refractivity contribution in [3.63, 3.8) is 0 Å². The number of fused-ring (bicyclic) bond motifs is 5. The Hall–Kier alpha value is -4.30. The molecule has 0 heterocycles. The fraction of sp³-hybridized carbons (Fsp3) is 0.211. The van der Waals surface area contributed by atoms with E-state index >= 15 is 4.79 Å². The lowest BCUT2D eigenvalue weighted by molar-refractivity contribution is -0.134. The second kappa shape index (κ2) is 8.11. The van der Waals surface area contributed by atoms with E-state index in [1.165, 1.54) is 0 Å². The van der Waals surface area contributed by atoms with Crippen LogP contribution in [0.2, 0.25) is 0 Å². The molecule has 2 bridgehead atoms. The minimum Gasteiger partial charge on any atom is -0.298 e. The summed E-state index contributed by atoms with van der Waals surface area (Å²) in [6.07, 6.45) is 0. The summed E-state index contributed by atoms with van der Waals surface area (Å²) in [5.41, 5.74) is 3.79. The van der Waals surface area contributed by atoms with E-state index in [0.717, 1.165) is 44.5 Å². The topological polar surface area (TPSA) is 34.1 Å². The molecule has 0 spiro atoms. The molecule has 0 unspecified atom stereocenters. The molecule has 7 rings (SSSR count). The highest BCUT2D eigenvalue weighted by Gasteiger charge is 2.88. The third-order valence-corrected chi connectivity index (χ3v) is 10.6. The predicted molar refractivity (Wildman–Crippen MR) is 161 cm³/mol. The zero-order chi connectivity index (χ0) is 27.9. The van der Waals surface area contributed by atoms with Crippen molar-refractivity contribution < 1.29 is 9.59 Å². The van der Waals surface area contributed by atoms with Crippen LogP contribution >= 0.6 is 0 Å².